The van der Waals surface area contributed by atoms with Gasteiger partial charge in [0.15, 0.2) is 0 Å². The Morgan fingerprint density at radius 1 is 1.50 bits per heavy atom. The van der Waals surface area contributed by atoms with Crippen LogP contribution in [0.3, 0.4) is 0 Å². The first kappa shape index (κ1) is 14.1. The Morgan fingerprint density at radius 3 is 2.90 bits per heavy atom. The van der Waals surface area contributed by atoms with Crippen LogP contribution in [-0.4, -0.2) is 28.8 Å². The van der Waals surface area contributed by atoms with Gasteiger partial charge in [-0.2, -0.15) is 15.6 Å². The van der Waals surface area contributed by atoms with Gasteiger partial charge in [0, 0.05) is 13.6 Å². The fourth-order valence-electron chi connectivity index (χ4n) is 2.50. The smallest absolute Gasteiger partial charge is 0.264 e. The molecule has 20 heavy (non-hydrogen) atoms. The average Bonchev–Trinajstić information content (AvgIpc) is 3.11. The van der Waals surface area contributed by atoms with E-state index in [4.69, 9.17) is 11.6 Å². The molecule has 1 saturated heterocycles. The second-order valence-electron chi connectivity index (χ2n) is 4.78. The van der Waals surface area contributed by atoms with E-state index >= 15 is 0 Å². The van der Waals surface area contributed by atoms with Crippen LogP contribution in [-0.2, 0) is 17.1 Å². The first-order chi connectivity index (χ1) is 9.51. The minimum atomic E-state index is -3.65. The highest BCUT2D eigenvalue weighted by atomic mass is 35.5. The van der Waals surface area contributed by atoms with Gasteiger partial charge in [0.25, 0.3) is 10.0 Å². The Balaban J connectivity index is 2.01. The molecule has 0 N–H and O–H groups in total. The number of hydrogen-bond donors (Lipinski definition) is 0. The van der Waals surface area contributed by atoms with Crippen LogP contribution in [0.4, 0.5) is 0 Å². The van der Waals surface area contributed by atoms with Crippen LogP contribution in [0.15, 0.2) is 28.2 Å². The molecule has 0 spiro atoms. The molecule has 3 heterocycles. The predicted octanol–water partition coefficient (Wildman–Crippen LogP) is 2.66. The molecule has 1 fully saturated rings. The number of nitrogens with zero attached hydrogens (tertiary/aromatic N) is 3. The van der Waals surface area contributed by atoms with E-state index < -0.39 is 10.0 Å². The lowest BCUT2D eigenvalue weighted by Crippen LogP contribution is -2.31. The Hall–Kier alpha value is -0.890. The van der Waals surface area contributed by atoms with Crippen molar-refractivity contribution >= 4 is 33.0 Å². The molecule has 1 atom stereocenters. The van der Waals surface area contributed by atoms with E-state index in [2.05, 4.69) is 4.98 Å². The third kappa shape index (κ3) is 2.18. The molecule has 1 unspecified atom stereocenters. The van der Waals surface area contributed by atoms with E-state index in [1.807, 2.05) is 16.8 Å². The summed E-state index contributed by atoms with van der Waals surface area (Å²) < 4.78 is 28.5. The van der Waals surface area contributed by atoms with Gasteiger partial charge in [-0.15, -0.1) is 0 Å². The number of imidazole rings is 1. The van der Waals surface area contributed by atoms with Gasteiger partial charge in [-0.25, -0.2) is 13.4 Å². The number of aryl methyl sites for hydroxylation is 1. The molecule has 2 aromatic rings. The number of hydrogen-bond acceptors (Lipinski definition) is 4. The number of rotatable bonds is 3. The standard InChI is InChI=1S/C12H14ClN3O2S2/c1-15-8-14-12(11(15)13)20(17,18)16-5-2-3-10(16)9-4-6-19-7-9/h4,6-8,10H,2-3,5H2,1H3. The van der Waals surface area contributed by atoms with E-state index in [1.165, 1.54) is 15.2 Å². The SMILES string of the molecule is Cn1cnc(S(=O)(=O)N2CCCC2c2ccsc2)c1Cl. The molecule has 3 rings (SSSR count). The zero-order valence-electron chi connectivity index (χ0n) is 10.9. The summed E-state index contributed by atoms with van der Waals surface area (Å²) in [5.74, 6) is 0. The first-order valence-corrected chi connectivity index (χ1v) is 8.98. The van der Waals surface area contributed by atoms with Crippen LogP contribution >= 0.6 is 22.9 Å². The van der Waals surface area contributed by atoms with Gasteiger partial charge < -0.3 is 4.57 Å². The second kappa shape index (κ2) is 5.14. The molecule has 0 radical (unpaired) electrons. The van der Waals surface area contributed by atoms with Crippen molar-refractivity contribution in [3.8, 4) is 0 Å². The van der Waals surface area contributed by atoms with Gasteiger partial charge in [-0.05, 0) is 35.2 Å². The van der Waals surface area contributed by atoms with Crippen molar-refractivity contribution < 1.29 is 8.42 Å². The van der Waals surface area contributed by atoms with Crippen molar-refractivity contribution in [3.05, 3.63) is 33.9 Å². The van der Waals surface area contributed by atoms with Crippen LogP contribution in [0.5, 0.6) is 0 Å². The highest BCUT2D eigenvalue weighted by molar-refractivity contribution is 7.89. The molecule has 0 aliphatic carbocycles. The molecule has 5 nitrogen and oxygen atoms in total. The maximum atomic E-state index is 12.7. The highest BCUT2D eigenvalue weighted by Crippen LogP contribution is 2.38. The fraction of sp³-hybridized carbons (Fsp3) is 0.417. The summed E-state index contributed by atoms with van der Waals surface area (Å²) in [6, 6.07) is 1.87. The lowest BCUT2D eigenvalue weighted by Gasteiger charge is -2.22. The first-order valence-electron chi connectivity index (χ1n) is 6.22. The van der Waals surface area contributed by atoms with Gasteiger partial charge >= 0.3 is 0 Å². The minimum Gasteiger partial charge on any atom is -0.324 e. The van der Waals surface area contributed by atoms with Crippen molar-refractivity contribution in [1.82, 2.24) is 13.9 Å². The second-order valence-corrected chi connectivity index (χ2v) is 7.73. The number of aromatic nitrogens is 2. The van der Waals surface area contributed by atoms with E-state index in [0.29, 0.717) is 6.54 Å². The number of thiophene rings is 1. The van der Waals surface area contributed by atoms with Gasteiger partial charge in [-0.1, -0.05) is 11.6 Å². The van der Waals surface area contributed by atoms with Crippen LogP contribution in [0.1, 0.15) is 24.4 Å². The highest BCUT2D eigenvalue weighted by Gasteiger charge is 2.38. The molecule has 1 aliphatic rings. The molecule has 0 saturated carbocycles. The quantitative estimate of drug-likeness (QED) is 0.868. The molecule has 0 aromatic carbocycles. The maximum absolute atomic E-state index is 12.7. The van der Waals surface area contributed by atoms with E-state index in [0.717, 1.165) is 18.4 Å². The van der Waals surface area contributed by atoms with Gasteiger partial charge in [-0.3, -0.25) is 0 Å². The Kier molecular flexibility index (Phi) is 3.62. The summed E-state index contributed by atoms with van der Waals surface area (Å²) in [5.41, 5.74) is 1.04. The summed E-state index contributed by atoms with van der Waals surface area (Å²) in [5, 5.41) is 4.06. The van der Waals surface area contributed by atoms with Crippen molar-refractivity contribution in [2.45, 2.75) is 23.9 Å². The lowest BCUT2D eigenvalue weighted by atomic mass is 10.1. The monoisotopic (exact) mass is 331 g/mol. The topological polar surface area (TPSA) is 55.2 Å². The zero-order chi connectivity index (χ0) is 14.3. The van der Waals surface area contributed by atoms with E-state index in [-0.39, 0.29) is 16.2 Å². The van der Waals surface area contributed by atoms with Crippen LogP contribution in [0.2, 0.25) is 5.15 Å². The number of sulfonamides is 1. The maximum Gasteiger partial charge on any atom is 0.264 e. The molecule has 0 bridgehead atoms. The van der Waals surface area contributed by atoms with Crippen molar-refractivity contribution in [3.63, 3.8) is 0 Å². The molecule has 108 valence electrons. The summed E-state index contributed by atoms with van der Waals surface area (Å²) in [7, 11) is -1.97. The van der Waals surface area contributed by atoms with Gasteiger partial charge in [0.05, 0.1) is 12.4 Å². The summed E-state index contributed by atoms with van der Waals surface area (Å²) in [6.07, 6.45) is 3.11. The average molecular weight is 332 g/mol. The van der Waals surface area contributed by atoms with Crippen molar-refractivity contribution in [1.29, 1.82) is 0 Å². The Bertz CT molecular complexity index is 709. The van der Waals surface area contributed by atoms with Crippen molar-refractivity contribution in [2.24, 2.45) is 7.05 Å². The third-order valence-electron chi connectivity index (χ3n) is 3.52. The molecule has 0 amide bonds. The van der Waals surface area contributed by atoms with E-state index in [1.54, 1.807) is 18.4 Å². The van der Waals surface area contributed by atoms with Crippen LogP contribution < -0.4 is 0 Å². The van der Waals surface area contributed by atoms with Crippen molar-refractivity contribution in [2.75, 3.05) is 6.54 Å². The predicted molar refractivity (Wildman–Crippen MR) is 78.4 cm³/mol. The minimum absolute atomic E-state index is 0.0520. The number of halogens is 1. The fourth-order valence-corrected chi connectivity index (χ4v) is 5.29. The lowest BCUT2D eigenvalue weighted by molar-refractivity contribution is 0.396. The van der Waals surface area contributed by atoms with Crippen LogP contribution in [0.25, 0.3) is 0 Å². The molecule has 1 aliphatic heterocycles. The largest absolute Gasteiger partial charge is 0.324 e. The zero-order valence-corrected chi connectivity index (χ0v) is 13.2. The molecule has 2 aromatic heterocycles. The third-order valence-corrected chi connectivity index (χ3v) is 6.62. The Morgan fingerprint density at radius 2 is 2.30 bits per heavy atom. The summed E-state index contributed by atoms with van der Waals surface area (Å²) in [6.45, 7) is 0.510. The normalized spacial score (nSPS) is 20.6. The Labute approximate surface area is 126 Å². The van der Waals surface area contributed by atoms with Crippen LogP contribution in [0, 0.1) is 0 Å². The molecular weight excluding hydrogens is 318 g/mol. The van der Waals surface area contributed by atoms with Gasteiger partial charge in [0.1, 0.15) is 5.15 Å². The molecular formula is C12H14ClN3O2S2. The van der Waals surface area contributed by atoms with E-state index in [9.17, 15) is 8.42 Å². The molecule has 8 heteroatoms. The summed E-state index contributed by atoms with van der Waals surface area (Å²) >= 11 is 7.62. The summed E-state index contributed by atoms with van der Waals surface area (Å²) in [4.78, 5) is 3.95. The van der Waals surface area contributed by atoms with Gasteiger partial charge in [0.2, 0.25) is 5.03 Å².